The van der Waals surface area contributed by atoms with Crippen LogP contribution in [-0.4, -0.2) is 38.8 Å². The van der Waals surface area contributed by atoms with E-state index in [9.17, 15) is 18.7 Å². The number of hydrogen-bond donors (Lipinski definition) is 1. The number of nitrogens with zero attached hydrogens (tertiary/aromatic N) is 4. The highest BCUT2D eigenvalue weighted by molar-refractivity contribution is 5.93. The molecule has 1 fully saturated rings. The molecule has 1 atom stereocenters. The molecular weight excluding hydrogens is 604 g/mol. The van der Waals surface area contributed by atoms with E-state index in [2.05, 4.69) is 9.97 Å². The van der Waals surface area contributed by atoms with Crippen molar-refractivity contribution in [2.45, 2.75) is 32.9 Å². The molecule has 0 spiro atoms. The third-order valence-corrected chi connectivity index (χ3v) is 8.09. The van der Waals surface area contributed by atoms with E-state index < -0.39 is 40.2 Å². The number of fused-ring (bicyclic) bond motifs is 1. The summed E-state index contributed by atoms with van der Waals surface area (Å²) in [7, 11) is 0. The SMILES string of the molecule is CC1(C)COC[C@H]1n1c(Cc2cc(F)c(-c3cccc(OCc4ccc(C#N)cc4F)n3)cc2F)nc2cc(F)c(C(=O)O)cc21. The van der Waals surface area contributed by atoms with E-state index in [1.165, 1.54) is 36.4 Å². The van der Waals surface area contributed by atoms with Crippen LogP contribution in [0.25, 0.3) is 22.3 Å². The maximum atomic E-state index is 15.6. The van der Waals surface area contributed by atoms with Crippen molar-refractivity contribution in [1.29, 1.82) is 5.26 Å². The topological polar surface area (TPSA) is 110 Å². The van der Waals surface area contributed by atoms with Gasteiger partial charge in [-0.05, 0) is 42.0 Å². The highest BCUT2D eigenvalue weighted by Gasteiger charge is 2.39. The Labute approximate surface area is 260 Å². The highest BCUT2D eigenvalue weighted by Crippen LogP contribution is 2.41. The first-order valence-corrected chi connectivity index (χ1v) is 14.2. The number of aromatic nitrogens is 3. The molecule has 1 aliphatic heterocycles. The van der Waals surface area contributed by atoms with Crippen molar-refractivity contribution in [2.75, 3.05) is 13.2 Å². The minimum Gasteiger partial charge on any atom is -0.478 e. The molecule has 0 radical (unpaired) electrons. The van der Waals surface area contributed by atoms with E-state index in [0.29, 0.717) is 12.1 Å². The number of ether oxygens (including phenoxy) is 2. The van der Waals surface area contributed by atoms with E-state index in [1.807, 2.05) is 19.9 Å². The number of nitriles is 1. The average molecular weight is 631 g/mol. The lowest BCUT2D eigenvalue weighted by atomic mass is 9.87. The molecule has 0 amide bonds. The van der Waals surface area contributed by atoms with Crippen LogP contribution in [0.15, 0.2) is 60.7 Å². The minimum atomic E-state index is -1.44. The van der Waals surface area contributed by atoms with Crippen LogP contribution in [0, 0.1) is 40.0 Å². The molecule has 5 aromatic rings. The number of carboxylic acid groups (broad SMARTS) is 1. The standard InChI is InChI=1S/C34H26F4N4O4/c1-34(2)17-45-16-30(34)42-29-12-22(33(43)44)26(38)13-28(29)40-31(42)10-20-9-25(37)21(11-24(20)36)27-4-3-5-32(41-27)46-15-19-7-6-18(14-39)8-23(19)35/h3-9,11-13,30H,10,15-17H2,1-2H3,(H,43,44)/t30-/m1/s1. The Kier molecular flexibility index (Phi) is 7.96. The first kappa shape index (κ1) is 30.7. The van der Waals surface area contributed by atoms with Gasteiger partial charge < -0.3 is 19.1 Å². The van der Waals surface area contributed by atoms with Gasteiger partial charge in [0.15, 0.2) is 0 Å². The van der Waals surface area contributed by atoms with Crippen molar-refractivity contribution in [1.82, 2.24) is 14.5 Å². The van der Waals surface area contributed by atoms with Crippen molar-refractivity contribution in [3.8, 4) is 23.2 Å². The summed E-state index contributed by atoms with van der Waals surface area (Å²) >= 11 is 0. The highest BCUT2D eigenvalue weighted by atomic mass is 19.1. The number of carboxylic acids is 1. The number of rotatable bonds is 8. The van der Waals surface area contributed by atoms with Gasteiger partial charge in [0, 0.05) is 35.1 Å². The normalized spacial score (nSPS) is 15.6. The van der Waals surface area contributed by atoms with Gasteiger partial charge in [0.05, 0.1) is 53.2 Å². The zero-order chi connectivity index (χ0) is 32.7. The van der Waals surface area contributed by atoms with Crippen LogP contribution in [0.1, 0.15) is 52.8 Å². The fraction of sp³-hybridized carbons (Fsp3) is 0.235. The summed E-state index contributed by atoms with van der Waals surface area (Å²) in [5.41, 5.74) is -0.158. The van der Waals surface area contributed by atoms with Gasteiger partial charge in [-0.25, -0.2) is 32.3 Å². The molecule has 234 valence electrons. The molecule has 0 unspecified atom stereocenters. The Morgan fingerprint density at radius 1 is 1.02 bits per heavy atom. The number of aromatic carboxylic acids is 1. The predicted molar refractivity (Wildman–Crippen MR) is 158 cm³/mol. The first-order chi connectivity index (χ1) is 21.9. The summed E-state index contributed by atoms with van der Waals surface area (Å²) in [5, 5.41) is 18.4. The third kappa shape index (κ3) is 5.77. The van der Waals surface area contributed by atoms with Gasteiger partial charge in [0.1, 0.15) is 35.7 Å². The van der Waals surface area contributed by atoms with Crippen LogP contribution >= 0.6 is 0 Å². The van der Waals surface area contributed by atoms with Gasteiger partial charge in [0.25, 0.3) is 0 Å². The zero-order valence-electron chi connectivity index (χ0n) is 24.7. The number of imidazole rings is 1. The van der Waals surface area contributed by atoms with Crippen molar-refractivity contribution in [3.05, 3.63) is 112 Å². The van der Waals surface area contributed by atoms with Gasteiger partial charge in [-0.3, -0.25) is 0 Å². The summed E-state index contributed by atoms with van der Waals surface area (Å²) in [4.78, 5) is 20.5. The molecule has 0 bridgehead atoms. The fourth-order valence-corrected chi connectivity index (χ4v) is 5.60. The number of benzene rings is 3. The van der Waals surface area contributed by atoms with Crippen molar-refractivity contribution in [3.63, 3.8) is 0 Å². The lowest BCUT2D eigenvalue weighted by Crippen LogP contribution is -2.27. The van der Waals surface area contributed by atoms with E-state index in [0.717, 1.165) is 24.3 Å². The largest absolute Gasteiger partial charge is 0.478 e. The molecular formula is C34H26F4N4O4. The van der Waals surface area contributed by atoms with Crippen LogP contribution in [-0.2, 0) is 17.8 Å². The second-order valence-electron chi connectivity index (χ2n) is 11.7. The van der Waals surface area contributed by atoms with Crippen molar-refractivity contribution >= 4 is 17.0 Å². The van der Waals surface area contributed by atoms with Crippen LogP contribution in [0.5, 0.6) is 5.88 Å². The molecule has 46 heavy (non-hydrogen) atoms. The minimum absolute atomic E-state index is 0.0304. The Bertz CT molecular complexity index is 2050. The Morgan fingerprint density at radius 3 is 2.50 bits per heavy atom. The quantitative estimate of drug-likeness (QED) is 0.184. The van der Waals surface area contributed by atoms with Gasteiger partial charge in [-0.1, -0.05) is 26.0 Å². The molecule has 12 heteroatoms. The third-order valence-electron chi connectivity index (χ3n) is 8.09. The summed E-state index contributed by atoms with van der Waals surface area (Å²) in [6.45, 7) is 4.39. The summed E-state index contributed by atoms with van der Waals surface area (Å²) in [5.74, 6) is -4.20. The Balaban J connectivity index is 1.32. The van der Waals surface area contributed by atoms with E-state index in [4.69, 9.17) is 14.7 Å². The molecule has 1 saturated heterocycles. The molecule has 0 saturated carbocycles. The Morgan fingerprint density at radius 2 is 1.80 bits per heavy atom. The van der Waals surface area contributed by atoms with Gasteiger partial charge in [0.2, 0.25) is 5.88 Å². The number of hydrogen-bond acceptors (Lipinski definition) is 6. The number of pyridine rings is 1. The second-order valence-corrected chi connectivity index (χ2v) is 11.7. The molecule has 3 heterocycles. The Hall–Kier alpha value is -5.28. The smallest absolute Gasteiger partial charge is 0.338 e. The second kappa shape index (κ2) is 11.9. The van der Waals surface area contributed by atoms with Crippen molar-refractivity contribution < 1.29 is 36.9 Å². The lowest BCUT2D eigenvalue weighted by Gasteiger charge is -2.28. The van der Waals surface area contributed by atoms with E-state index in [1.54, 1.807) is 4.57 Å². The zero-order valence-corrected chi connectivity index (χ0v) is 24.7. The lowest BCUT2D eigenvalue weighted by molar-refractivity contribution is 0.0692. The van der Waals surface area contributed by atoms with Crippen LogP contribution in [0.3, 0.4) is 0 Å². The molecule has 1 aliphatic rings. The van der Waals surface area contributed by atoms with Gasteiger partial charge in [-0.2, -0.15) is 5.26 Å². The average Bonchev–Trinajstić information content (AvgIpc) is 3.54. The summed E-state index contributed by atoms with van der Waals surface area (Å²) in [6.07, 6.45) is -0.180. The van der Waals surface area contributed by atoms with Crippen LogP contribution in [0.4, 0.5) is 17.6 Å². The van der Waals surface area contributed by atoms with E-state index >= 15 is 8.78 Å². The van der Waals surface area contributed by atoms with Gasteiger partial charge in [-0.15, -0.1) is 0 Å². The van der Waals surface area contributed by atoms with Crippen LogP contribution < -0.4 is 4.74 Å². The maximum absolute atomic E-state index is 15.6. The molecule has 3 aromatic carbocycles. The van der Waals surface area contributed by atoms with Gasteiger partial charge >= 0.3 is 5.97 Å². The summed E-state index contributed by atoms with van der Waals surface area (Å²) in [6, 6.07) is 14.3. The predicted octanol–water partition coefficient (Wildman–Crippen LogP) is 6.99. The first-order valence-electron chi connectivity index (χ1n) is 14.2. The molecule has 8 nitrogen and oxygen atoms in total. The number of halogens is 4. The van der Waals surface area contributed by atoms with E-state index in [-0.39, 0.29) is 70.8 Å². The molecule has 0 aliphatic carbocycles. The number of carbonyl (C=O) groups is 1. The molecule has 2 aromatic heterocycles. The monoisotopic (exact) mass is 630 g/mol. The maximum Gasteiger partial charge on any atom is 0.338 e. The van der Waals surface area contributed by atoms with Crippen molar-refractivity contribution in [2.24, 2.45) is 5.41 Å². The fourth-order valence-electron chi connectivity index (χ4n) is 5.60. The molecule has 6 rings (SSSR count). The summed E-state index contributed by atoms with van der Waals surface area (Å²) < 4.78 is 73.1. The molecule has 1 N–H and O–H groups in total. The van der Waals surface area contributed by atoms with Crippen LogP contribution in [0.2, 0.25) is 0 Å².